The van der Waals surface area contributed by atoms with Crippen molar-refractivity contribution in [2.75, 3.05) is 9.80 Å². The number of aromatic nitrogens is 2. The summed E-state index contributed by atoms with van der Waals surface area (Å²) in [5, 5.41) is 2.18. The van der Waals surface area contributed by atoms with E-state index in [1.54, 1.807) is 0 Å². The van der Waals surface area contributed by atoms with Crippen LogP contribution in [0.15, 0.2) is 188 Å². The molecule has 1 aliphatic heterocycles. The van der Waals surface area contributed by atoms with E-state index < -0.39 is 0 Å². The summed E-state index contributed by atoms with van der Waals surface area (Å²) in [6.45, 7) is 13.3. The summed E-state index contributed by atoms with van der Waals surface area (Å²) in [6.07, 6.45) is 1.92. The van der Waals surface area contributed by atoms with Gasteiger partial charge in [0, 0.05) is 66.9 Å². The molecule has 3 heterocycles. The fraction of sp³-hybridized carbons (Fsp3) is 0.100. The van der Waals surface area contributed by atoms with Gasteiger partial charge in [-0.15, -0.1) is 48.1 Å². The van der Waals surface area contributed by atoms with Crippen molar-refractivity contribution in [1.29, 1.82) is 0 Å². The maximum atomic E-state index is 6.71. The molecule has 8 aromatic carbocycles. The third-order valence-corrected chi connectivity index (χ3v) is 12.5. The number of rotatable bonds is 8. The molecule has 0 spiro atoms. The van der Waals surface area contributed by atoms with Crippen LogP contribution in [0.1, 0.15) is 37.5 Å². The van der Waals surface area contributed by atoms with Crippen LogP contribution in [0.3, 0.4) is 0 Å². The van der Waals surface area contributed by atoms with Gasteiger partial charge in [0.25, 0.3) is 0 Å². The zero-order valence-corrected chi connectivity index (χ0v) is 39.8. The van der Waals surface area contributed by atoms with Crippen LogP contribution in [0.5, 0.6) is 11.5 Å². The largest absolute Gasteiger partial charge is 0.509 e. The second kappa shape index (κ2) is 17.3. The molecule has 66 heavy (non-hydrogen) atoms. The fourth-order valence-corrected chi connectivity index (χ4v) is 9.41. The van der Waals surface area contributed by atoms with E-state index in [4.69, 9.17) is 9.72 Å². The predicted molar refractivity (Wildman–Crippen MR) is 269 cm³/mol. The monoisotopic (exact) mass is 1030 g/mol. The number of pyridine rings is 1. The van der Waals surface area contributed by atoms with E-state index in [2.05, 4.69) is 232 Å². The summed E-state index contributed by atoms with van der Waals surface area (Å²) in [4.78, 5) is 9.49. The quantitative estimate of drug-likeness (QED) is 0.142. The third kappa shape index (κ3) is 7.78. The standard InChI is InChI=1S/C60H47N4O.Pt/c1-40-34-45(42-16-8-6-9-17-42)35-41(2)58(40)44-32-33-61-57(36-44)64-56-38-50(30-31-52(56)53-23-15-22-51(59(53)64)43-18-10-7-11-19-43)65-49-21-14-20-48(37-49)63-39-62(54-24-12-13-25-55(54)63)47-28-26-46(27-29-47)60(3,4)5;/h6-36,39H,1-5H3;/q-3;. The molecular formula is C60H47N4OPt-3. The van der Waals surface area contributed by atoms with Gasteiger partial charge in [-0.25, -0.2) is 4.98 Å². The normalized spacial score (nSPS) is 12.4. The van der Waals surface area contributed by atoms with Gasteiger partial charge in [0.05, 0.1) is 0 Å². The van der Waals surface area contributed by atoms with Gasteiger partial charge in [0.15, 0.2) is 0 Å². The smallest absolute Gasteiger partial charge is 0.136 e. The SMILES string of the molecule is Cc1cc(-c2ccccc2)cc(C)c1-c1ccnc(-n2c3[c-]c(Oc4[c-]c(N5[CH-]N(c6ccc(C(C)(C)C)cc6)c6ccccc65)ccc4)ccc3c3cccc(-c4ccccc4)c32)c1.[Pt]. The van der Waals surface area contributed by atoms with Crippen molar-refractivity contribution >= 4 is 44.6 Å². The molecule has 0 N–H and O–H groups in total. The van der Waals surface area contributed by atoms with E-state index in [-0.39, 0.29) is 26.5 Å². The second-order valence-corrected chi connectivity index (χ2v) is 17.9. The van der Waals surface area contributed by atoms with Gasteiger partial charge >= 0.3 is 0 Å². The van der Waals surface area contributed by atoms with E-state index >= 15 is 0 Å². The van der Waals surface area contributed by atoms with Crippen molar-refractivity contribution in [3.05, 3.63) is 224 Å². The molecule has 11 rings (SSSR count). The molecule has 326 valence electrons. The van der Waals surface area contributed by atoms with Gasteiger partial charge in [-0.05, 0) is 106 Å². The fourth-order valence-electron chi connectivity index (χ4n) is 9.41. The number of aryl methyl sites for hydroxylation is 2. The van der Waals surface area contributed by atoms with E-state index in [0.717, 1.165) is 67.1 Å². The Balaban J connectivity index is 0.00000511. The van der Waals surface area contributed by atoms with Crippen LogP contribution >= 0.6 is 0 Å². The van der Waals surface area contributed by atoms with Crippen molar-refractivity contribution in [2.24, 2.45) is 0 Å². The number of ether oxygens (including phenoxy) is 1. The Bertz CT molecular complexity index is 3370. The summed E-state index contributed by atoms with van der Waals surface area (Å²) >= 11 is 0. The molecule has 0 amide bonds. The van der Waals surface area contributed by atoms with Crippen LogP contribution in [-0.2, 0) is 26.5 Å². The molecule has 6 heteroatoms. The van der Waals surface area contributed by atoms with Gasteiger partial charge < -0.3 is 19.1 Å². The maximum Gasteiger partial charge on any atom is 0.136 e. The molecule has 0 bridgehead atoms. The Kier molecular flexibility index (Phi) is 11.2. The van der Waals surface area contributed by atoms with E-state index in [1.165, 1.54) is 33.4 Å². The number of hydrogen-bond acceptors (Lipinski definition) is 4. The first kappa shape index (κ1) is 42.7. The Morgan fingerprint density at radius 3 is 1.91 bits per heavy atom. The molecule has 0 aliphatic carbocycles. The predicted octanol–water partition coefficient (Wildman–Crippen LogP) is 15.9. The topological polar surface area (TPSA) is 33.5 Å². The van der Waals surface area contributed by atoms with Crippen molar-refractivity contribution in [1.82, 2.24) is 9.55 Å². The third-order valence-electron chi connectivity index (χ3n) is 12.5. The minimum absolute atomic E-state index is 0. The molecule has 0 saturated carbocycles. The van der Waals surface area contributed by atoms with Gasteiger partial charge in [-0.2, -0.15) is 12.1 Å². The molecule has 10 aromatic rings. The first-order chi connectivity index (χ1) is 31.7. The number of anilines is 4. The zero-order chi connectivity index (χ0) is 44.2. The van der Waals surface area contributed by atoms with Crippen molar-refractivity contribution in [3.63, 3.8) is 0 Å². The molecule has 0 radical (unpaired) electrons. The van der Waals surface area contributed by atoms with Gasteiger partial charge in [0.2, 0.25) is 0 Å². The van der Waals surface area contributed by atoms with Crippen LogP contribution in [-0.4, -0.2) is 9.55 Å². The summed E-state index contributed by atoms with van der Waals surface area (Å²) in [5.41, 5.74) is 16.9. The Morgan fingerprint density at radius 2 is 1.20 bits per heavy atom. The van der Waals surface area contributed by atoms with Crippen LogP contribution in [0.2, 0.25) is 0 Å². The number of benzene rings is 8. The van der Waals surface area contributed by atoms with Gasteiger partial charge in [-0.3, -0.25) is 0 Å². The summed E-state index contributed by atoms with van der Waals surface area (Å²) < 4.78 is 8.96. The van der Waals surface area contributed by atoms with Crippen LogP contribution in [0.4, 0.5) is 22.7 Å². The van der Waals surface area contributed by atoms with E-state index in [9.17, 15) is 0 Å². The number of fused-ring (bicyclic) bond motifs is 4. The first-order valence-corrected chi connectivity index (χ1v) is 22.2. The molecule has 0 unspecified atom stereocenters. The first-order valence-electron chi connectivity index (χ1n) is 22.2. The molecule has 0 atom stereocenters. The zero-order valence-electron chi connectivity index (χ0n) is 37.5. The molecule has 0 saturated heterocycles. The van der Waals surface area contributed by atoms with E-state index in [0.29, 0.717) is 11.5 Å². The maximum absolute atomic E-state index is 6.71. The summed E-state index contributed by atoms with van der Waals surface area (Å²) in [7, 11) is 0. The minimum Gasteiger partial charge on any atom is -0.509 e. The second-order valence-electron chi connectivity index (χ2n) is 17.9. The number of nitrogens with zero attached hydrogens (tertiary/aromatic N) is 4. The van der Waals surface area contributed by atoms with Crippen LogP contribution < -0.4 is 14.5 Å². The molecule has 2 aromatic heterocycles. The van der Waals surface area contributed by atoms with Crippen molar-refractivity contribution < 1.29 is 25.8 Å². The van der Waals surface area contributed by atoms with Crippen molar-refractivity contribution in [2.45, 2.75) is 40.0 Å². The van der Waals surface area contributed by atoms with E-state index in [1.807, 2.05) is 24.4 Å². The summed E-state index contributed by atoms with van der Waals surface area (Å²) in [6, 6.07) is 71.4. The Morgan fingerprint density at radius 1 is 0.545 bits per heavy atom. The Hall–Kier alpha value is -7.20. The summed E-state index contributed by atoms with van der Waals surface area (Å²) in [5.74, 6) is 1.98. The molecule has 1 aliphatic rings. The van der Waals surface area contributed by atoms with Crippen molar-refractivity contribution in [3.8, 4) is 50.7 Å². The average Bonchev–Trinajstić information content (AvgIpc) is 3.88. The number of hydrogen-bond donors (Lipinski definition) is 0. The Labute approximate surface area is 401 Å². The minimum atomic E-state index is 0. The van der Waals surface area contributed by atoms with Gasteiger partial charge in [0.1, 0.15) is 5.82 Å². The van der Waals surface area contributed by atoms with Gasteiger partial charge in [-0.1, -0.05) is 142 Å². The molecule has 5 nitrogen and oxygen atoms in total. The average molecular weight is 1040 g/mol. The molecule has 0 fully saturated rings. The molecular weight excluding hydrogens is 988 g/mol. The van der Waals surface area contributed by atoms with Crippen LogP contribution in [0, 0.1) is 32.6 Å². The number of para-hydroxylation sites is 3. The van der Waals surface area contributed by atoms with Crippen LogP contribution in [0.25, 0.3) is 61.0 Å².